The van der Waals surface area contributed by atoms with Crippen molar-refractivity contribution < 1.29 is 0 Å². The minimum absolute atomic E-state index is 0.665. The van der Waals surface area contributed by atoms with E-state index in [1.807, 2.05) is 6.92 Å². The van der Waals surface area contributed by atoms with E-state index < -0.39 is 0 Å². The van der Waals surface area contributed by atoms with E-state index in [0.717, 1.165) is 36.2 Å². The van der Waals surface area contributed by atoms with Crippen molar-refractivity contribution in [1.29, 1.82) is 0 Å². The van der Waals surface area contributed by atoms with Gasteiger partial charge in [0.25, 0.3) is 0 Å². The Labute approximate surface area is 159 Å². The second-order valence-electron chi connectivity index (χ2n) is 6.39. The molecule has 0 spiro atoms. The van der Waals surface area contributed by atoms with Crippen LogP contribution in [0.1, 0.15) is 33.8 Å². The molecule has 26 heavy (non-hydrogen) atoms. The molecule has 0 aliphatic carbocycles. The number of aromatic nitrogens is 2. The molecule has 0 radical (unpaired) electrons. The Morgan fingerprint density at radius 3 is 2.73 bits per heavy atom. The van der Waals surface area contributed by atoms with Crippen LogP contribution in [0.3, 0.4) is 0 Å². The van der Waals surface area contributed by atoms with Crippen LogP contribution in [0.2, 0.25) is 0 Å². The van der Waals surface area contributed by atoms with E-state index in [0.29, 0.717) is 6.54 Å². The van der Waals surface area contributed by atoms with Gasteiger partial charge in [0.05, 0.1) is 17.2 Å². The van der Waals surface area contributed by atoms with Crippen LogP contribution in [-0.2, 0) is 13.0 Å². The normalized spacial score (nSPS) is 11.9. The molecule has 138 valence electrons. The summed E-state index contributed by atoms with van der Waals surface area (Å²) in [6, 6.07) is 8.48. The molecule has 3 aromatic rings. The number of hydrogen-bond donors (Lipinski definition) is 3. The van der Waals surface area contributed by atoms with Crippen LogP contribution in [0.15, 0.2) is 29.3 Å². The summed E-state index contributed by atoms with van der Waals surface area (Å²) in [5.74, 6) is 0.857. The third-order valence-corrected chi connectivity index (χ3v) is 5.48. The van der Waals surface area contributed by atoms with Crippen molar-refractivity contribution >= 4 is 28.2 Å². The molecule has 0 atom stereocenters. The van der Waals surface area contributed by atoms with E-state index in [1.165, 1.54) is 27.0 Å². The topological polar surface area (TPSA) is 65.1 Å². The summed E-state index contributed by atoms with van der Waals surface area (Å²) in [5, 5.41) is 9.19. The Hall–Kier alpha value is -2.34. The van der Waals surface area contributed by atoms with Gasteiger partial charge in [-0.1, -0.05) is 18.2 Å². The van der Waals surface area contributed by atoms with E-state index >= 15 is 0 Å². The summed E-state index contributed by atoms with van der Waals surface area (Å²) in [4.78, 5) is 13.9. The second-order valence-corrected chi connectivity index (χ2v) is 7.68. The Morgan fingerprint density at radius 2 is 2.00 bits per heavy atom. The van der Waals surface area contributed by atoms with E-state index in [-0.39, 0.29) is 0 Å². The lowest BCUT2D eigenvalue weighted by Crippen LogP contribution is -2.38. The minimum Gasteiger partial charge on any atom is -0.358 e. The predicted molar refractivity (Wildman–Crippen MR) is 111 cm³/mol. The number of nitrogens with zero attached hydrogens (tertiary/aromatic N) is 2. The van der Waals surface area contributed by atoms with E-state index in [4.69, 9.17) is 4.99 Å². The minimum atomic E-state index is 0.665. The van der Waals surface area contributed by atoms with Gasteiger partial charge in [0.1, 0.15) is 0 Å². The van der Waals surface area contributed by atoms with Gasteiger partial charge >= 0.3 is 0 Å². The van der Waals surface area contributed by atoms with Crippen LogP contribution in [0.5, 0.6) is 0 Å². The SMILES string of the molecule is CCNC(=NCc1sc(C)nc1C)NCCc1c(C)[nH]c2ccccc12. The van der Waals surface area contributed by atoms with E-state index in [1.54, 1.807) is 11.3 Å². The summed E-state index contributed by atoms with van der Waals surface area (Å²) in [7, 11) is 0. The summed E-state index contributed by atoms with van der Waals surface area (Å²) < 4.78 is 0. The van der Waals surface area contributed by atoms with Gasteiger partial charge in [-0.05, 0) is 45.7 Å². The molecule has 2 heterocycles. The largest absolute Gasteiger partial charge is 0.358 e. The molecule has 1 aromatic carbocycles. The van der Waals surface area contributed by atoms with Gasteiger partial charge in [-0.2, -0.15) is 0 Å². The molecule has 0 aliphatic heterocycles. The molecular formula is C20H27N5S. The first-order chi connectivity index (χ1) is 12.6. The molecule has 0 amide bonds. The van der Waals surface area contributed by atoms with Crippen molar-refractivity contribution in [3.8, 4) is 0 Å². The number of thiazole rings is 1. The van der Waals surface area contributed by atoms with Crippen molar-refractivity contribution in [2.24, 2.45) is 4.99 Å². The van der Waals surface area contributed by atoms with Crippen molar-refractivity contribution in [2.45, 2.75) is 40.7 Å². The zero-order valence-electron chi connectivity index (χ0n) is 15.9. The molecule has 0 saturated heterocycles. The van der Waals surface area contributed by atoms with Crippen LogP contribution in [0.4, 0.5) is 0 Å². The third-order valence-electron chi connectivity index (χ3n) is 4.42. The fourth-order valence-electron chi connectivity index (χ4n) is 3.18. The van der Waals surface area contributed by atoms with Crippen LogP contribution < -0.4 is 10.6 Å². The van der Waals surface area contributed by atoms with Crippen molar-refractivity contribution in [2.75, 3.05) is 13.1 Å². The molecule has 3 rings (SSSR count). The average molecular weight is 370 g/mol. The van der Waals surface area contributed by atoms with Crippen molar-refractivity contribution in [3.05, 3.63) is 51.1 Å². The van der Waals surface area contributed by atoms with Gasteiger partial charge in [-0.25, -0.2) is 9.98 Å². The molecule has 0 unspecified atom stereocenters. The number of hydrogen-bond acceptors (Lipinski definition) is 3. The number of nitrogens with one attached hydrogen (secondary N) is 3. The third kappa shape index (κ3) is 4.25. The number of aryl methyl sites for hydroxylation is 3. The number of rotatable bonds is 6. The number of fused-ring (bicyclic) bond motifs is 1. The molecule has 3 N–H and O–H groups in total. The van der Waals surface area contributed by atoms with E-state index in [9.17, 15) is 0 Å². The zero-order valence-corrected chi connectivity index (χ0v) is 16.8. The zero-order chi connectivity index (χ0) is 18.5. The number of H-pyrrole nitrogens is 1. The van der Waals surface area contributed by atoms with E-state index in [2.05, 4.69) is 65.6 Å². The lowest BCUT2D eigenvalue weighted by molar-refractivity contribution is 0.799. The molecule has 0 aliphatic rings. The van der Waals surface area contributed by atoms with Gasteiger partial charge in [-0.15, -0.1) is 11.3 Å². The first kappa shape index (κ1) is 18.5. The van der Waals surface area contributed by atoms with Gasteiger partial charge in [0, 0.05) is 34.6 Å². The lowest BCUT2D eigenvalue weighted by atomic mass is 10.1. The standard InChI is InChI=1S/C20H27N5S/c1-5-21-20(23-12-19-14(3)24-15(4)26-19)22-11-10-16-13(2)25-18-9-7-6-8-17(16)18/h6-9,25H,5,10-12H2,1-4H3,(H2,21,22,23). The van der Waals surface area contributed by atoms with Crippen LogP contribution >= 0.6 is 11.3 Å². The van der Waals surface area contributed by atoms with Gasteiger partial charge < -0.3 is 15.6 Å². The maximum atomic E-state index is 4.72. The summed E-state index contributed by atoms with van der Waals surface area (Å²) >= 11 is 1.72. The smallest absolute Gasteiger partial charge is 0.191 e. The average Bonchev–Trinajstić information content (AvgIpc) is 3.11. The molecule has 0 saturated carbocycles. The first-order valence-corrected chi connectivity index (χ1v) is 9.91. The molecule has 5 nitrogen and oxygen atoms in total. The Balaban J connectivity index is 1.64. The highest BCUT2D eigenvalue weighted by Gasteiger charge is 2.08. The van der Waals surface area contributed by atoms with Gasteiger partial charge in [0.15, 0.2) is 5.96 Å². The fraction of sp³-hybridized carbons (Fsp3) is 0.400. The van der Waals surface area contributed by atoms with Crippen molar-refractivity contribution in [3.63, 3.8) is 0 Å². The summed E-state index contributed by atoms with van der Waals surface area (Å²) in [6.07, 6.45) is 0.957. The molecule has 0 bridgehead atoms. The monoisotopic (exact) mass is 369 g/mol. The summed E-state index contributed by atoms with van der Waals surface area (Å²) in [6.45, 7) is 10.7. The molecular weight excluding hydrogens is 342 g/mol. The number of guanidine groups is 1. The Bertz CT molecular complexity index is 906. The molecule has 0 fully saturated rings. The quantitative estimate of drug-likeness (QED) is 0.457. The summed E-state index contributed by atoms with van der Waals surface area (Å²) in [5.41, 5.74) is 4.90. The lowest BCUT2D eigenvalue weighted by Gasteiger charge is -2.11. The highest BCUT2D eigenvalue weighted by molar-refractivity contribution is 7.11. The second kappa shape index (κ2) is 8.36. The maximum absolute atomic E-state index is 4.72. The predicted octanol–water partition coefficient (Wildman–Crippen LogP) is 3.85. The maximum Gasteiger partial charge on any atom is 0.191 e. The van der Waals surface area contributed by atoms with Crippen molar-refractivity contribution in [1.82, 2.24) is 20.6 Å². The van der Waals surface area contributed by atoms with Gasteiger partial charge in [0.2, 0.25) is 0 Å². The highest BCUT2D eigenvalue weighted by Crippen LogP contribution is 2.22. The number of para-hydroxylation sites is 1. The first-order valence-electron chi connectivity index (χ1n) is 9.09. The number of benzene rings is 1. The van der Waals surface area contributed by atoms with Gasteiger partial charge in [-0.3, -0.25) is 0 Å². The van der Waals surface area contributed by atoms with Crippen LogP contribution in [0.25, 0.3) is 10.9 Å². The Kier molecular flexibility index (Phi) is 5.93. The van der Waals surface area contributed by atoms with Crippen LogP contribution in [-0.4, -0.2) is 29.0 Å². The Morgan fingerprint density at radius 1 is 1.19 bits per heavy atom. The number of aromatic amines is 1. The molecule has 6 heteroatoms. The highest BCUT2D eigenvalue weighted by atomic mass is 32.1. The number of aliphatic imine (C=N–C) groups is 1. The fourth-order valence-corrected chi connectivity index (χ4v) is 4.04. The van der Waals surface area contributed by atoms with Crippen LogP contribution in [0, 0.1) is 20.8 Å². The molecule has 2 aromatic heterocycles.